The van der Waals surface area contributed by atoms with Crippen molar-refractivity contribution in [3.05, 3.63) is 45.8 Å². The van der Waals surface area contributed by atoms with Gasteiger partial charge in [-0.3, -0.25) is 4.79 Å². The molecule has 3 rings (SSSR count). The van der Waals surface area contributed by atoms with Crippen LogP contribution >= 0.6 is 11.3 Å². The zero-order valence-corrected chi connectivity index (χ0v) is 20.5. The molecule has 176 valence electrons. The van der Waals surface area contributed by atoms with Crippen molar-refractivity contribution in [3.8, 4) is 6.07 Å². The molecule has 2 aromatic rings. The smallest absolute Gasteiger partial charge is 0.338 e. The summed E-state index contributed by atoms with van der Waals surface area (Å²) >= 11 is 1.39. The van der Waals surface area contributed by atoms with E-state index in [1.165, 1.54) is 39.9 Å². The number of nitrogens with zero attached hydrogens (tertiary/aromatic N) is 2. The van der Waals surface area contributed by atoms with Gasteiger partial charge in [-0.25, -0.2) is 13.2 Å². The number of carbonyl (C=O) groups is 2. The Morgan fingerprint density at radius 1 is 1.30 bits per heavy atom. The van der Waals surface area contributed by atoms with Crippen LogP contribution in [0.25, 0.3) is 0 Å². The first-order chi connectivity index (χ1) is 15.7. The van der Waals surface area contributed by atoms with Gasteiger partial charge >= 0.3 is 5.97 Å². The molecule has 0 aliphatic heterocycles. The number of fused-ring (bicyclic) bond motifs is 1. The Bertz CT molecular complexity index is 1190. The van der Waals surface area contributed by atoms with Gasteiger partial charge in [0.25, 0.3) is 5.91 Å². The van der Waals surface area contributed by atoms with Gasteiger partial charge in [-0.2, -0.15) is 9.57 Å². The molecule has 0 bridgehead atoms. The lowest BCUT2D eigenvalue weighted by molar-refractivity contribution is -0.119. The Labute approximate surface area is 198 Å². The number of rotatable bonds is 8. The summed E-state index contributed by atoms with van der Waals surface area (Å²) in [5, 5.41) is 12.7. The van der Waals surface area contributed by atoms with Gasteiger partial charge in [-0.05, 0) is 48.9 Å². The number of ether oxygens (including phenoxy) is 1. The second-order valence-electron chi connectivity index (χ2n) is 7.91. The Morgan fingerprint density at radius 2 is 2.03 bits per heavy atom. The fourth-order valence-electron chi connectivity index (χ4n) is 3.83. The van der Waals surface area contributed by atoms with Crippen LogP contribution in [0.15, 0.2) is 29.2 Å². The Balaban J connectivity index is 1.66. The number of hydrogen-bond acceptors (Lipinski definition) is 7. The van der Waals surface area contributed by atoms with Crippen LogP contribution in [0, 0.1) is 17.2 Å². The zero-order valence-electron chi connectivity index (χ0n) is 18.9. The van der Waals surface area contributed by atoms with Crippen LogP contribution in [0.1, 0.15) is 53.6 Å². The van der Waals surface area contributed by atoms with Crippen molar-refractivity contribution >= 4 is 38.2 Å². The Kier molecular flexibility index (Phi) is 7.89. The molecule has 0 fully saturated rings. The van der Waals surface area contributed by atoms with Crippen LogP contribution in [0.2, 0.25) is 0 Å². The summed E-state index contributed by atoms with van der Waals surface area (Å²) in [7, 11) is -3.73. The molecule has 10 heteroatoms. The highest BCUT2D eigenvalue weighted by molar-refractivity contribution is 7.89. The largest absolute Gasteiger partial charge is 0.452 e. The van der Waals surface area contributed by atoms with Gasteiger partial charge in [0.1, 0.15) is 11.1 Å². The molecular weight excluding hydrogens is 462 g/mol. The average molecular weight is 490 g/mol. The van der Waals surface area contributed by atoms with Crippen molar-refractivity contribution in [2.24, 2.45) is 5.92 Å². The lowest BCUT2D eigenvalue weighted by Gasteiger charge is -2.18. The molecule has 8 nitrogen and oxygen atoms in total. The van der Waals surface area contributed by atoms with Gasteiger partial charge in [0.2, 0.25) is 10.0 Å². The van der Waals surface area contributed by atoms with Gasteiger partial charge in [-0.15, -0.1) is 11.3 Å². The van der Waals surface area contributed by atoms with Gasteiger partial charge in [0.05, 0.1) is 16.0 Å². The second kappa shape index (κ2) is 10.5. The third kappa shape index (κ3) is 5.43. The average Bonchev–Trinajstić information content (AvgIpc) is 3.13. The summed E-state index contributed by atoms with van der Waals surface area (Å²) in [5.41, 5.74) is 1.52. The third-order valence-corrected chi connectivity index (χ3v) is 8.84. The summed E-state index contributed by atoms with van der Waals surface area (Å²) in [5.74, 6) is -0.825. The van der Waals surface area contributed by atoms with Gasteiger partial charge in [0.15, 0.2) is 6.61 Å². The van der Waals surface area contributed by atoms with Crippen molar-refractivity contribution in [1.29, 1.82) is 5.26 Å². The molecule has 1 N–H and O–H groups in total. The van der Waals surface area contributed by atoms with E-state index in [4.69, 9.17) is 4.74 Å². The predicted molar refractivity (Wildman–Crippen MR) is 126 cm³/mol. The fraction of sp³-hybridized carbons (Fsp3) is 0.435. The second-order valence-corrected chi connectivity index (χ2v) is 11.0. The van der Waals surface area contributed by atoms with E-state index >= 15 is 0 Å². The number of amides is 1. The van der Waals surface area contributed by atoms with Gasteiger partial charge in [0, 0.05) is 18.0 Å². The molecule has 0 saturated carbocycles. The van der Waals surface area contributed by atoms with Crippen molar-refractivity contribution in [3.63, 3.8) is 0 Å². The van der Waals surface area contributed by atoms with Crippen LogP contribution < -0.4 is 5.32 Å². The molecule has 1 heterocycles. The minimum Gasteiger partial charge on any atom is -0.452 e. The van der Waals surface area contributed by atoms with E-state index in [-0.39, 0.29) is 10.5 Å². The number of hydrogen-bond donors (Lipinski definition) is 1. The molecule has 1 aromatic heterocycles. The SMILES string of the molecule is CCN(CC)S(=O)(=O)c1cccc(C(=O)OCC(=O)Nc2sc3c(c2C#N)CC[C@@H](C)C3)c1. The predicted octanol–water partition coefficient (Wildman–Crippen LogP) is 3.57. The lowest BCUT2D eigenvalue weighted by Crippen LogP contribution is -2.30. The molecule has 1 aliphatic carbocycles. The zero-order chi connectivity index (χ0) is 24.2. The number of anilines is 1. The van der Waals surface area contributed by atoms with Gasteiger partial charge in [-0.1, -0.05) is 26.8 Å². The highest BCUT2D eigenvalue weighted by Crippen LogP contribution is 2.39. The van der Waals surface area contributed by atoms with Gasteiger partial charge < -0.3 is 10.1 Å². The van der Waals surface area contributed by atoms with Crippen LogP contribution in [0.5, 0.6) is 0 Å². The first-order valence-electron chi connectivity index (χ1n) is 10.8. The first-order valence-corrected chi connectivity index (χ1v) is 13.1. The lowest BCUT2D eigenvalue weighted by atomic mass is 9.89. The number of thiophene rings is 1. The maximum absolute atomic E-state index is 12.7. The molecule has 0 radical (unpaired) electrons. The molecule has 0 unspecified atom stereocenters. The Hall–Kier alpha value is -2.74. The molecule has 33 heavy (non-hydrogen) atoms. The fourth-order valence-corrected chi connectivity index (χ4v) is 6.71. The summed E-state index contributed by atoms with van der Waals surface area (Å²) in [6.07, 6.45) is 2.70. The normalized spacial score (nSPS) is 15.5. The molecule has 0 saturated heterocycles. The summed E-state index contributed by atoms with van der Waals surface area (Å²) < 4.78 is 31.8. The Morgan fingerprint density at radius 3 is 2.70 bits per heavy atom. The maximum Gasteiger partial charge on any atom is 0.338 e. The number of esters is 1. The minimum atomic E-state index is -3.73. The van der Waals surface area contributed by atoms with E-state index in [0.717, 1.165) is 29.7 Å². The van der Waals surface area contributed by atoms with Crippen LogP contribution in [-0.2, 0) is 32.4 Å². The summed E-state index contributed by atoms with van der Waals surface area (Å²) in [6, 6.07) is 7.74. The third-order valence-electron chi connectivity index (χ3n) is 5.62. The highest BCUT2D eigenvalue weighted by Gasteiger charge is 2.25. The topological polar surface area (TPSA) is 117 Å². The number of nitriles is 1. The molecule has 1 aromatic carbocycles. The number of carbonyl (C=O) groups excluding carboxylic acids is 2. The van der Waals surface area contributed by atoms with Crippen LogP contribution in [-0.4, -0.2) is 44.3 Å². The monoisotopic (exact) mass is 489 g/mol. The van der Waals surface area contributed by atoms with E-state index in [1.54, 1.807) is 13.8 Å². The molecular formula is C23H27N3O5S2. The quantitative estimate of drug-likeness (QED) is 0.567. The molecule has 1 atom stereocenters. The summed E-state index contributed by atoms with van der Waals surface area (Å²) in [6.45, 7) is 5.71. The first kappa shape index (κ1) is 24.9. The number of nitrogens with one attached hydrogen (secondary N) is 1. The van der Waals surface area contributed by atoms with Crippen molar-refractivity contribution in [2.75, 3.05) is 25.0 Å². The van der Waals surface area contributed by atoms with Crippen molar-refractivity contribution < 1.29 is 22.7 Å². The van der Waals surface area contributed by atoms with Crippen molar-refractivity contribution in [1.82, 2.24) is 4.31 Å². The van der Waals surface area contributed by atoms with Crippen molar-refractivity contribution in [2.45, 2.75) is 44.9 Å². The minimum absolute atomic E-state index is 0.0119. The van der Waals surface area contributed by atoms with E-state index in [1.807, 2.05) is 0 Å². The number of benzene rings is 1. The standard InChI is InChI=1S/C23H27N3O5S2/c1-4-26(5-2)33(29,30)17-8-6-7-16(12-17)23(28)31-14-21(27)25-22-19(13-24)18-10-9-15(3)11-20(18)32-22/h6-8,12,15H,4-5,9-11,14H2,1-3H3,(H,25,27)/t15-/m1/s1. The molecule has 1 aliphatic rings. The van der Waals surface area contributed by atoms with Crippen LogP contribution in [0.3, 0.4) is 0 Å². The van der Waals surface area contributed by atoms with E-state index in [2.05, 4.69) is 18.3 Å². The maximum atomic E-state index is 12.7. The van der Waals surface area contributed by atoms with E-state index in [9.17, 15) is 23.3 Å². The van der Waals surface area contributed by atoms with E-state index < -0.39 is 28.5 Å². The molecule has 1 amide bonds. The van der Waals surface area contributed by atoms with E-state index in [0.29, 0.717) is 29.6 Å². The van der Waals surface area contributed by atoms with Crippen LogP contribution in [0.4, 0.5) is 5.00 Å². The highest BCUT2D eigenvalue weighted by atomic mass is 32.2. The number of sulfonamides is 1. The summed E-state index contributed by atoms with van der Waals surface area (Å²) in [4.78, 5) is 25.9. The molecule has 0 spiro atoms.